The van der Waals surface area contributed by atoms with Gasteiger partial charge in [-0.25, -0.2) is 14.8 Å². The van der Waals surface area contributed by atoms with Gasteiger partial charge >= 0.3 is 6.03 Å². The van der Waals surface area contributed by atoms with Crippen LogP contribution in [0, 0.1) is 0 Å². The van der Waals surface area contributed by atoms with Crippen LogP contribution in [0.2, 0.25) is 0 Å². The van der Waals surface area contributed by atoms with Crippen molar-refractivity contribution in [3.05, 3.63) is 66.5 Å². The van der Waals surface area contributed by atoms with E-state index in [0.29, 0.717) is 24.5 Å². The predicted octanol–water partition coefficient (Wildman–Crippen LogP) is 4.69. The minimum Gasteiger partial charge on any atom is -0.497 e. The van der Waals surface area contributed by atoms with E-state index in [1.54, 1.807) is 25.4 Å². The van der Waals surface area contributed by atoms with Crippen LogP contribution < -0.4 is 20.1 Å². The first-order valence-corrected chi connectivity index (χ1v) is 11.5. The number of nitrogens with zero attached hydrogens (tertiary/aromatic N) is 2. The van der Waals surface area contributed by atoms with Crippen molar-refractivity contribution in [2.45, 2.75) is 25.3 Å². The second-order valence-electron chi connectivity index (χ2n) is 8.22. The summed E-state index contributed by atoms with van der Waals surface area (Å²) in [4.78, 5) is 33.2. The van der Waals surface area contributed by atoms with E-state index in [-0.39, 0.29) is 5.91 Å². The number of carbonyl (C=O) groups is 2. The molecule has 172 valence electrons. The smallest absolute Gasteiger partial charge is 0.322 e. The fourth-order valence-electron chi connectivity index (χ4n) is 3.79. The highest BCUT2D eigenvalue weighted by Crippen LogP contribution is 2.38. The van der Waals surface area contributed by atoms with Gasteiger partial charge in [0.05, 0.1) is 12.6 Å². The average Bonchev–Trinajstić information content (AvgIpc) is 3.39. The largest absolute Gasteiger partial charge is 0.497 e. The van der Waals surface area contributed by atoms with Gasteiger partial charge in [-0.2, -0.15) is 0 Å². The number of nitrogens with one attached hydrogen (secondary N) is 2. The molecule has 1 aliphatic heterocycles. The van der Waals surface area contributed by atoms with Crippen molar-refractivity contribution in [2.75, 3.05) is 7.11 Å². The topological polar surface area (TPSA) is 102 Å². The minimum atomic E-state index is -0.889. The number of imide groups is 1. The van der Waals surface area contributed by atoms with Gasteiger partial charge in [-0.3, -0.25) is 10.1 Å². The van der Waals surface area contributed by atoms with Crippen LogP contribution in [0.5, 0.6) is 17.4 Å². The molecule has 1 unspecified atom stereocenters. The van der Waals surface area contributed by atoms with E-state index in [1.165, 1.54) is 6.33 Å². The normalized spacial score (nSPS) is 17.5. The number of fused-ring (bicyclic) bond motifs is 1. The second-order valence-corrected chi connectivity index (χ2v) is 9.27. The molecule has 2 aromatic heterocycles. The predicted molar refractivity (Wildman–Crippen MR) is 129 cm³/mol. The fraction of sp³-hybridized carbons (Fsp3) is 0.200. The molecule has 2 aromatic carbocycles. The van der Waals surface area contributed by atoms with Gasteiger partial charge < -0.3 is 14.8 Å². The molecular weight excluding hydrogens is 452 g/mol. The highest BCUT2D eigenvalue weighted by molar-refractivity contribution is 7.22. The molecule has 3 amide bonds. The summed E-state index contributed by atoms with van der Waals surface area (Å²) in [6.45, 7) is 1.73. The molecule has 1 aliphatic rings. The Kier molecular flexibility index (Phi) is 5.62. The number of carbonyl (C=O) groups excluding carboxylic acids is 2. The molecular formula is C25H22N4O4S. The van der Waals surface area contributed by atoms with Gasteiger partial charge in [0.1, 0.15) is 28.1 Å². The Morgan fingerprint density at radius 3 is 2.41 bits per heavy atom. The van der Waals surface area contributed by atoms with Crippen LogP contribution in [-0.4, -0.2) is 34.6 Å². The molecule has 0 aliphatic carbocycles. The van der Waals surface area contributed by atoms with Crippen LogP contribution in [-0.2, 0) is 11.2 Å². The summed E-state index contributed by atoms with van der Waals surface area (Å²) < 4.78 is 12.2. The van der Waals surface area contributed by atoms with Crippen molar-refractivity contribution in [2.24, 2.45) is 0 Å². The number of amides is 3. The number of aryl methyl sites for hydroxylation is 1. The minimum absolute atomic E-state index is 0.296. The molecule has 34 heavy (non-hydrogen) atoms. The van der Waals surface area contributed by atoms with Crippen molar-refractivity contribution in [1.29, 1.82) is 0 Å². The summed E-state index contributed by atoms with van der Waals surface area (Å²) in [7, 11) is 1.65. The van der Waals surface area contributed by atoms with Gasteiger partial charge in [0.15, 0.2) is 0 Å². The number of rotatable bonds is 7. The molecule has 0 radical (unpaired) electrons. The van der Waals surface area contributed by atoms with Gasteiger partial charge in [0.25, 0.3) is 5.91 Å². The summed E-state index contributed by atoms with van der Waals surface area (Å²) in [6.07, 6.45) is 2.64. The molecule has 1 atom stereocenters. The number of thiophene rings is 1. The summed E-state index contributed by atoms with van der Waals surface area (Å²) in [5.41, 5.74) is 2.04. The zero-order valence-corrected chi connectivity index (χ0v) is 19.4. The second kappa shape index (κ2) is 8.75. The molecule has 1 fully saturated rings. The number of urea groups is 1. The van der Waals surface area contributed by atoms with Gasteiger partial charge in [0, 0.05) is 4.88 Å². The first kappa shape index (κ1) is 21.8. The van der Waals surface area contributed by atoms with Gasteiger partial charge in [-0.15, -0.1) is 11.3 Å². The summed E-state index contributed by atoms with van der Waals surface area (Å²) in [5, 5.41) is 4.97. The maximum absolute atomic E-state index is 12.0. The monoisotopic (exact) mass is 474 g/mol. The Labute approximate surface area is 200 Å². The molecule has 0 saturated carbocycles. The lowest BCUT2D eigenvalue weighted by atomic mass is 9.93. The van der Waals surface area contributed by atoms with Crippen LogP contribution in [0.4, 0.5) is 4.79 Å². The average molecular weight is 475 g/mol. The van der Waals surface area contributed by atoms with Gasteiger partial charge in [0.2, 0.25) is 5.88 Å². The molecule has 5 rings (SSSR count). The molecule has 8 nitrogen and oxygen atoms in total. The Hall–Kier alpha value is -3.98. The quantitative estimate of drug-likeness (QED) is 0.377. The zero-order chi connectivity index (χ0) is 23.7. The van der Waals surface area contributed by atoms with Crippen molar-refractivity contribution < 1.29 is 19.1 Å². The third kappa shape index (κ3) is 4.29. The first-order chi connectivity index (χ1) is 16.4. The third-order valence-corrected chi connectivity index (χ3v) is 6.98. The molecule has 0 bridgehead atoms. The number of hydrogen-bond donors (Lipinski definition) is 2. The van der Waals surface area contributed by atoms with Crippen LogP contribution in [0.25, 0.3) is 20.7 Å². The molecule has 1 saturated heterocycles. The van der Waals surface area contributed by atoms with Crippen LogP contribution in [0.15, 0.2) is 60.9 Å². The Morgan fingerprint density at radius 1 is 1.00 bits per heavy atom. The van der Waals surface area contributed by atoms with E-state index in [9.17, 15) is 9.59 Å². The lowest BCUT2D eigenvalue weighted by Gasteiger charge is -2.20. The number of benzene rings is 2. The van der Waals surface area contributed by atoms with Crippen LogP contribution in [0.1, 0.15) is 18.9 Å². The van der Waals surface area contributed by atoms with Gasteiger partial charge in [-0.05, 0) is 73.4 Å². The summed E-state index contributed by atoms with van der Waals surface area (Å²) in [5.74, 6) is 1.67. The highest BCUT2D eigenvalue weighted by atomic mass is 32.1. The van der Waals surface area contributed by atoms with Crippen molar-refractivity contribution in [1.82, 2.24) is 20.6 Å². The SMILES string of the molecule is COc1ccc(-c2cc3ncnc(Oc4ccc(CCC5(C)NC(=O)NC5=O)cc4)c3s2)cc1. The molecule has 9 heteroatoms. The van der Waals surface area contributed by atoms with Crippen LogP contribution in [0.3, 0.4) is 0 Å². The molecule has 2 N–H and O–H groups in total. The standard InChI is InChI=1S/C25H22N4O4S/c1-25(23(30)28-24(31)29-25)12-11-15-3-7-18(8-4-15)33-22-21-19(26-14-27-22)13-20(34-21)16-5-9-17(32-2)10-6-16/h3-10,13-14H,11-12H2,1-2H3,(H2,28,29,30,31). The highest BCUT2D eigenvalue weighted by Gasteiger charge is 2.41. The summed E-state index contributed by atoms with van der Waals surface area (Å²) >= 11 is 1.57. The zero-order valence-electron chi connectivity index (χ0n) is 18.6. The van der Waals surface area contributed by atoms with Crippen LogP contribution >= 0.6 is 11.3 Å². The lowest BCUT2D eigenvalue weighted by molar-refractivity contribution is -0.123. The fourth-order valence-corrected chi connectivity index (χ4v) is 4.83. The van der Waals surface area contributed by atoms with Crippen molar-refractivity contribution in [3.8, 4) is 27.8 Å². The van der Waals surface area contributed by atoms with Crippen molar-refractivity contribution in [3.63, 3.8) is 0 Å². The molecule has 3 heterocycles. The first-order valence-electron chi connectivity index (χ1n) is 10.7. The lowest BCUT2D eigenvalue weighted by Crippen LogP contribution is -2.43. The Bertz CT molecular complexity index is 1370. The van der Waals surface area contributed by atoms with Crippen molar-refractivity contribution >= 4 is 33.5 Å². The Balaban J connectivity index is 1.30. The maximum atomic E-state index is 12.0. The van der Waals surface area contributed by atoms with E-state index >= 15 is 0 Å². The molecule has 4 aromatic rings. The van der Waals surface area contributed by atoms with E-state index in [4.69, 9.17) is 9.47 Å². The molecule has 0 spiro atoms. The number of hydrogen-bond acceptors (Lipinski definition) is 7. The van der Waals surface area contributed by atoms with E-state index in [2.05, 4.69) is 20.6 Å². The number of aromatic nitrogens is 2. The number of ether oxygens (including phenoxy) is 2. The van der Waals surface area contributed by atoms with Gasteiger partial charge in [-0.1, -0.05) is 12.1 Å². The third-order valence-electron chi connectivity index (χ3n) is 5.82. The summed E-state index contributed by atoms with van der Waals surface area (Å²) in [6, 6.07) is 17.1. The van der Waals surface area contributed by atoms with E-state index in [1.807, 2.05) is 54.6 Å². The number of methoxy groups -OCH3 is 1. The maximum Gasteiger partial charge on any atom is 0.322 e. The van der Waals surface area contributed by atoms with E-state index in [0.717, 1.165) is 32.0 Å². The van der Waals surface area contributed by atoms with E-state index < -0.39 is 11.6 Å². The Morgan fingerprint density at radius 2 is 1.74 bits per heavy atom.